The average Bonchev–Trinajstić information content (AvgIpc) is 2.27. The van der Waals surface area contributed by atoms with Crippen LogP contribution in [0.25, 0.3) is 0 Å². The van der Waals surface area contributed by atoms with E-state index < -0.39 is 16.8 Å². The van der Waals surface area contributed by atoms with Gasteiger partial charge in [0.25, 0.3) is 5.69 Å². The van der Waals surface area contributed by atoms with Crippen LogP contribution in [0.4, 0.5) is 11.4 Å². The second-order valence-electron chi connectivity index (χ2n) is 3.69. The van der Waals surface area contributed by atoms with E-state index in [0.29, 0.717) is 0 Å². The number of carbonyl (C=O) groups excluding carboxylic acids is 1. The number of carbonyl (C=O) groups is 2. The quantitative estimate of drug-likeness (QED) is 0.611. The predicted molar refractivity (Wildman–Crippen MR) is 65.3 cm³/mol. The molecule has 1 aromatic rings. The Balaban J connectivity index is 3.37. The van der Waals surface area contributed by atoms with Crippen LogP contribution in [-0.4, -0.2) is 29.0 Å². The summed E-state index contributed by atoms with van der Waals surface area (Å²) in [6.45, 7) is 1.20. The summed E-state index contributed by atoms with van der Waals surface area (Å²) < 4.78 is 4.92. The first kappa shape index (κ1) is 14.4. The molecule has 1 rings (SSSR count). The van der Waals surface area contributed by atoms with Gasteiger partial charge in [0.15, 0.2) is 0 Å². The van der Waals surface area contributed by atoms with E-state index in [-0.39, 0.29) is 29.1 Å². The topological polar surface area (TPSA) is 119 Å². The zero-order chi connectivity index (χ0) is 14.6. The minimum atomic E-state index is -1.11. The molecule has 8 heteroatoms. The minimum absolute atomic E-state index is 0.0606. The van der Waals surface area contributed by atoms with Crippen LogP contribution >= 0.6 is 0 Å². The summed E-state index contributed by atoms with van der Waals surface area (Å²) in [7, 11) is 1.28. The maximum absolute atomic E-state index is 11.0. The van der Waals surface area contributed by atoms with Gasteiger partial charge in [-0.2, -0.15) is 0 Å². The van der Waals surface area contributed by atoms with Gasteiger partial charge in [-0.3, -0.25) is 19.7 Å². The number of aliphatic carboxylic acids is 1. The molecule has 0 fully saturated rings. The van der Waals surface area contributed by atoms with Crippen molar-refractivity contribution in [3.05, 3.63) is 27.8 Å². The fourth-order valence-electron chi connectivity index (χ4n) is 1.55. The molecule has 0 aromatic heterocycles. The molecule has 0 bridgehead atoms. The first-order valence-electron chi connectivity index (χ1n) is 5.19. The number of hydrogen-bond acceptors (Lipinski definition) is 5. The fourth-order valence-corrected chi connectivity index (χ4v) is 1.55. The molecule has 8 nitrogen and oxygen atoms in total. The highest BCUT2D eigenvalue weighted by atomic mass is 16.6. The van der Waals surface area contributed by atoms with E-state index in [1.807, 2.05) is 0 Å². The summed E-state index contributed by atoms with van der Waals surface area (Å²) in [5.74, 6) is -1.52. The van der Waals surface area contributed by atoms with Gasteiger partial charge in [-0.25, -0.2) is 0 Å². The summed E-state index contributed by atoms with van der Waals surface area (Å²) in [5, 5.41) is 21.9. The smallest absolute Gasteiger partial charge is 0.307 e. The van der Waals surface area contributed by atoms with E-state index >= 15 is 0 Å². The standard InChI is InChI=1S/C11H12N2O6/c1-6(14)12-8-3-7(4-11(15)16)10(19-2)5-9(8)13(17)18/h3,5H,4H2,1-2H3,(H,12,14)(H,15,16). The van der Waals surface area contributed by atoms with Gasteiger partial charge < -0.3 is 15.2 Å². The molecule has 0 heterocycles. The molecule has 1 aromatic carbocycles. The Hall–Kier alpha value is -2.64. The molecule has 1 amide bonds. The second kappa shape index (κ2) is 5.80. The number of nitro groups is 1. The van der Waals surface area contributed by atoms with Crippen LogP contribution in [0.2, 0.25) is 0 Å². The Morgan fingerprint density at radius 3 is 2.53 bits per heavy atom. The number of hydrogen-bond donors (Lipinski definition) is 2. The summed E-state index contributed by atoms with van der Waals surface area (Å²) in [5.41, 5.74) is -0.180. The van der Waals surface area contributed by atoms with Gasteiger partial charge in [0, 0.05) is 12.5 Å². The largest absolute Gasteiger partial charge is 0.496 e. The van der Waals surface area contributed by atoms with Gasteiger partial charge in [0.2, 0.25) is 5.91 Å². The number of ether oxygens (including phenoxy) is 1. The Kier molecular flexibility index (Phi) is 4.41. The lowest BCUT2D eigenvalue weighted by molar-refractivity contribution is -0.384. The highest BCUT2D eigenvalue weighted by Gasteiger charge is 2.20. The maximum atomic E-state index is 11.0. The number of carboxylic acid groups (broad SMARTS) is 1. The van der Waals surface area contributed by atoms with Crippen molar-refractivity contribution in [1.29, 1.82) is 0 Å². The lowest BCUT2D eigenvalue weighted by Gasteiger charge is -2.10. The number of anilines is 1. The molecule has 0 spiro atoms. The fraction of sp³-hybridized carbons (Fsp3) is 0.273. The highest BCUT2D eigenvalue weighted by molar-refractivity contribution is 5.92. The van der Waals surface area contributed by atoms with Crippen molar-refractivity contribution < 1.29 is 24.4 Å². The first-order chi connectivity index (χ1) is 8.85. The number of carboxylic acids is 1. The van der Waals surface area contributed by atoms with Crippen LogP contribution in [0.5, 0.6) is 5.75 Å². The molecule has 19 heavy (non-hydrogen) atoms. The number of benzene rings is 1. The third kappa shape index (κ3) is 3.66. The summed E-state index contributed by atoms with van der Waals surface area (Å²) in [6, 6.07) is 2.32. The SMILES string of the molecule is COc1cc([N+](=O)[O-])c(NC(C)=O)cc1CC(=O)O. The number of nitrogens with zero attached hydrogens (tertiary/aromatic N) is 1. The van der Waals surface area contributed by atoms with Crippen molar-refractivity contribution in [3.8, 4) is 5.75 Å². The molecule has 0 aliphatic carbocycles. The molecule has 0 aliphatic heterocycles. The van der Waals surface area contributed by atoms with Crippen molar-refractivity contribution in [2.45, 2.75) is 13.3 Å². The van der Waals surface area contributed by atoms with Crippen LogP contribution in [0.3, 0.4) is 0 Å². The highest BCUT2D eigenvalue weighted by Crippen LogP contribution is 2.33. The zero-order valence-corrected chi connectivity index (χ0v) is 10.3. The van der Waals surface area contributed by atoms with Gasteiger partial charge in [-0.15, -0.1) is 0 Å². The van der Waals surface area contributed by atoms with Gasteiger partial charge in [-0.1, -0.05) is 0 Å². The van der Waals surface area contributed by atoms with Crippen LogP contribution in [0.1, 0.15) is 12.5 Å². The Morgan fingerprint density at radius 1 is 1.47 bits per heavy atom. The van der Waals surface area contributed by atoms with Crippen molar-refractivity contribution in [2.24, 2.45) is 0 Å². The molecule has 0 aliphatic rings. The third-order valence-electron chi connectivity index (χ3n) is 2.25. The van der Waals surface area contributed by atoms with Crippen LogP contribution in [0.15, 0.2) is 12.1 Å². The summed E-state index contributed by atoms with van der Waals surface area (Å²) in [6.07, 6.45) is -0.367. The van der Waals surface area contributed by atoms with E-state index in [4.69, 9.17) is 9.84 Å². The lowest BCUT2D eigenvalue weighted by atomic mass is 10.1. The molecule has 0 saturated heterocycles. The van der Waals surface area contributed by atoms with Crippen molar-refractivity contribution >= 4 is 23.3 Å². The molecule has 2 N–H and O–H groups in total. The third-order valence-corrected chi connectivity index (χ3v) is 2.25. The summed E-state index contributed by atoms with van der Waals surface area (Å²) >= 11 is 0. The van der Waals surface area contributed by atoms with Gasteiger partial charge in [0.05, 0.1) is 24.5 Å². The van der Waals surface area contributed by atoms with Crippen LogP contribution in [0, 0.1) is 10.1 Å². The van der Waals surface area contributed by atoms with E-state index in [1.54, 1.807) is 0 Å². The maximum Gasteiger partial charge on any atom is 0.307 e. The molecule has 0 unspecified atom stereocenters. The normalized spacial score (nSPS) is 9.79. The number of amides is 1. The zero-order valence-electron chi connectivity index (χ0n) is 10.3. The molecule has 102 valence electrons. The summed E-state index contributed by atoms with van der Waals surface area (Å²) in [4.78, 5) is 31.9. The van der Waals surface area contributed by atoms with E-state index in [0.717, 1.165) is 6.07 Å². The van der Waals surface area contributed by atoms with E-state index in [2.05, 4.69) is 5.32 Å². The Labute approximate surface area is 108 Å². The number of rotatable bonds is 5. The number of nitrogens with one attached hydrogen (secondary N) is 1. The second-order valence-corrected chi connectivity index (χ2v) is 3.69. The van der Waals surface area contributed by atoms with E-state index in [1.165, 1.54) is 20.1 Å². The molecule has 0 saturated carbocycles. The van der Waals surface area contributed by atoms with Crippen molar-refractivity contribution in [2.75, 3.05) is 12.4 Å². The molecular weight excluding hydrogens is 256 g/mol. The average molecular weight is 268 g/mol. The van der Waals surface area contributed by atoms with Gasteiger partial charge >= 0.3 is 5.97 Å². The van der Waals surface area contributed by atoms with Crippen molar-refractivity contribution in [1.82, 2.24) is 0 Å². The van der Waals surface area contributed by atoms with Gasteiger partial charge in [-0.05, 0) is 6.07 Å². The molecule has 0 radical (unpaired) electrons. The first-order valence-corrected chi connectivity index (χ1v) is 5.19. The Morgan fingerprint density at radius 2 is 2.11 bits per heavy atom. The predicted octanol–water partition coefficient (Wildman–Crippen LogP) is 1.19. The van der Waals surface area contributed by atoms with Crippen LogP contribution in [-0.2, 0) is 16.0 Å². The number of nitro benzene ring substituents is 1. The molecule has 0 atom stereocenters. The number of methoxy groups -OCH3 is 1. The minimum Gasteiger partial charge on any atom is -0.496 e. The van der Waals surface area contributed by atoms with E-state index in [9.17, 15) is 19.7 Å². The van der Waals surface area contributed by atoms with Gasteiger partial charge in [0.1, 0.15) is 11.4 Å². The van der Waals surface area contributed by atoms with Crippen molar-refractivity contribution in [3.63, 3.8) is 0 Å². The molecular formula is C11H12N2O6. The van der Waals surface area contributed by atoms with Crippen LogP contribution < -0.4 is 10.1 Å². The lowest BCUT2D eigenvalue weighted by Crippen LogP contribution is -2.10. The Bertz CT molecular complexity index is 540. The monoisotopic (exact) mass is 268 g/mol.